The molecule has 1 saturated heterocycles. The lowest BCUT2D eigenvalue weighted by Gasteiger charge is -2.23. The van der Waals surface area contributed by atoms with Crippen LogP contribution in [0.5, 0.6) is 0 Å². The Bertz CT molecular complexity index is 413. The van der Waals surface area contributed by atoms with Crippen LogP contribution < -0.4 is 10.6 Å². The van der Waals surface area contributed by atoms with Gasteiger partial charge in [0.25, 0.3) is 0 Å². The summed E-state index contributed by atoms with van der Waals surface area (Å²) in [6.45, 7) is 4.68. The van der Waals surface area contributed by atoms with E-state index in [-0.39, 0.29) is 0 Å². The lowest BCUT2D eigenvalue weighted by atomic mass is 10.2. The van der Waals surface area contributed by atoms with Crippen LogP contribution in [-0.4, -0.2) is 43.1 Å². The van der Waals surface area contributed by atoms with Gasteiger partial charge in [0.15, 0.2) is 0 Å². The first-order valence-corrected chi connectivity index (χ1v) is 6.91. The maximum absolute atomic E-state index is 5.66. The van der Waals surface area contributed by atoms with Crippen molar-refractivity contribution in [2.75, 3.05) is 38.1 Å². The summed E-state index contributed by atoms with van der Waals surface area (Å²) >= 11 is 5.01. The molecule has 1 aliphatic rings. The van der Waals surface area contributed by atoms with Gasteiger partial charge in [-0.25, -0.2) is 0 Å². The molecule has 98 valence electrons. The maximum Gasteiger partial charge on any atom is 0.104 e. The summed E-state index contributed by atoms with van der Waals surface area (Å²) in [6.07, 6.45) is 2.70. The smallest absolute Gasteiger partial charge is 0.104 e. The van der Waals surface area contributed by atoms with Crippen LogP contribution in [0.1, 0.15) is 18.4 Å². The summed E-state index contributed by atoms with van der Waals surface area (Å²) < 4.78 is 0. The third-order valence-corrected chi connectivity index (χ3v) is 3.76. The third-order valence-electron chi connectivity index (χ3n) is 3.52. The molecular weight excluding hydrogens is 242 g/mol. The summed E-state index contributed by atoms with van der Waals surface area (Å²) in [4.78, 5) is 5.25. The van der Waals surface area contributed by atoms with Crippen LogP contribution in [0.15, 0.2) is 24.3 Å². The standard InChI is InChI=1S/C14H21N3S/c1-16(9-10-17-7-2-3-8-17)13-6-4-5-12(11-13)14(15)18/h4-6,11H,2-3,7-10H2,1H3,(H2,15,18). The van der Waals surface area contributed by atoms with Gasteiger partial charge in [-0.15, -0.1) is 0 Å². The number of thiocarbonyl (C=S) groups is 1. The molecular formula is C14H21N3S. The van der Waals surface area contributed by atoms with Gasteiger partial charge in [-0.2, -0.15) is 0 Å². The summed E-state index contributed by atoms with van der Waals surface area (Å²) in [6, 6.07) is 8.13. The van der Waals surface area contributed by atoms with Crippen molar-refractivity contribution in [2.45, 2.75) is 12.8 Å². The lowest BCUT2D eigenvalue weighted by molar-refractivity contribution is 0.346. The number of rotatable bonds is 5. The molecule has 2 N–H and O–H groups in total. The van der Waals surface area contributed by atoms with Crippen molar-refractivity contribution in [1.82, 2.24) is 4.90 Å². The minimum absolute atomic E-state index is 0.463. The van der Waals surface area contributed by atoms with Crippen molar-refractivity contribution in [3.63, 3.8) is 0 Å². The Kier molecular flexibility index (Phi) is 4.55. The molecule has 0 atom stereocenters. The molecule has 18 heavy (non-hydrogen) atoms. The van der Waals surface area contributed by atoms with Gasteiger partial charge >= 0.3 is 0 Å². The SMILES string of the molecule is CN(CCN1CCCC1)c1cccc(C(N)=S)c1. The van der Waals surface area contributed by atoms with Crippen LogP contribution in [-0.2, 0) is 0 Å². The number of nitrogens with two attached hydrogens (primary N) is 1. The number of likely N-dealkylation sites (N-methyl/N-ethyl adjacent to an activating group) is 1. The highest BCUT2D eigenvalue weighted by molar-refractivity contribution is 7.80. The van der Waals surface area contributed by atoms with Crippen LogP contribution in [0, 0.1) is 0 Å². The topological polar surface area (TPSA) is 32.5 Å². The van der Waals surface area contributed by atoms with Gasteiger partial charge in [-0.1, -0.05) is 24.4 Å². The Morgan fingerprint density at radius 2 is 2.11 bits per heavy atom. The first-order valence-electron chi connectivity index (χ1n) is 6.50. The fourth-order valence-corrected chi connectivity index (χ4v) is 2.45. The van der Waals surface area contributed by atoms with E-state index in [1.807, 2.05) is 12.1 Å². The molecule has 0 saturated carbocycles. The van der Waals surface area contributed by atoms with Crippen LogP contribution in [0.25, 0.3) is 0 Å². The average Bonchev–Trinajstić information content (AvgIpc) is 2.89. The van der Waals surface area contributed by atoms with Crippen molar-refractivity contribution in [3.05, 3.63) is 29.8 Å². The highest BCUT2D eigenvalue weighted by atomic mass is 32.1. The highest BCUT2D eigenvalue weighted by Gasteiger charge is 2.12. The van der Waals surface area contributed by atoms with E-state index in [2.05, 4.69) is 29.0 Å². The molecule has 0 aromatic heterocycles. The minimum atomic E-state index is 0.463. The zero-order chi connectivity index (χ0) is 13.0. The van der Waals surface area contributed by atoms with E-state index in [0.29, 0.717) is 4.99 Å². The Morgan fingerprint density at radius 3 is 2.78 bits per heavy atom. The van der Waals surface area contributed by atoms with Gasteiger partial charge in [0, 0.05) is 31.4 Å². The fourth-order valence-electron chi connectivity index (χ4n) is 2.32. The normalized spacial score (nSPS) is 15.8. The molecule has 0 amide bonds. The van der Waals surface area contributed by atoms with Gasteiger partial charge < -0.3 is 15.5 Å². The Balaban J connectivity index is 1.93. The van der Waals surface area contributed by atoms with Crippen molar-refractivity contribution in [1.29, 1.82) is 0 Å². The fraction of sp³-hybridized carbons (Fsp3) is 0.500. The van der Waals surface area contributed by atoms with E-state index in [9.17, 15) is 0 Å². The minimum Gasteiger partial charge on any atom is -0.389 e. The Morgan fingerprint density at radius 1 is 1.39 bits per heavy atom. The van der Waals surface area contributed by atoms with Crippen molar-refractivity contribution >= 4 is 22.9 Å². The molecule has 1 aliphatic heterocycles. The van der Waals surface area contributed by atoms with Gasteiger partial charge in [-0.3, -0.25) is 0 Å². The molecule has 4 heteroatoms. The Labute approximate surface area is 115 Å². The summed E-state index contributed by atoms with van der Waals surface area (Å²) in [5.74, 6) is 0. The van der Waals surface area contributed by atoms with E-state index in [1.54, 1.807) is 0 Å². The second-order valence-corrected chi connectivity index (χ2v) is 5.32. The quantitative estimate of drug-likeness (QED) is 0.822. The molecule has 0 bridgehead atoms. The molecule has 0 unspecified atom stereocenters. The van der Waals surface area contributed by atoms with Crippen LogP contribution in [0.3, 0.4) is 0 Å². The lowest BCUT2D eigenvalue weighted by Crippen LogP contribution is -2.31. The van der Waals surface area contributed by atoms with E-state index < -0.39 is 0 Å². The van der Waals surface area contributed by atoms with Crippen LogP contribution in [0.4, 0.5) is 5.69 Å². The maximum atomic E-state index is 5.66. The van der Waals surface area contributed by atoms with Crippen LogP contribution in [0.2, 0.25) is 0 Å². The number of hydrogen-bond donors (Lipinski definition) is 1. The predicted octanol–water partition coefficient (Wildman–Crippen LogP) is 1.85. The number of hydrogen-bond acceptors (Lipinski definition) is 3. The monoisotopic (exact) mass is 263 g/mol. The van der Waals surface area contributed by atoms with E-state index in [4.69, 9.17) is 18.0 Å². The molecule has 3 nitrogen and oxygen atoms in total. The zero-order valence-corrected chi connectivity index (χ0v) is 11.7. The van der Waals surface area contributed by atoms with Crippen molar-refractivity contribution in [2.24, 2.45) is 5.73 Å². The first kappa shape index (κ1) is 13.3. The van der Waals surface area contributed by atoms with E-state index >= 15 is 0 Å². The summed E-state index contributed by atoms with van der Waals surface area (Å²) in [7, 11) is 2.12. The van der Waals surface area contributed by atoms with Crippen LogP contribution >= 0.6 is 12.2 Å². The molecule has 2 rings (SSSR count). The van der Waals surface area contributed by atoms with Crippen molar-refractivity contribution in [3.8, 4) is 0 Å². The molecule has 0 aliphatic carbocycles. The van der Waals surface area contributed by atoms with Gasteiger partial charge in [0.2, 0.25) is 0 Å². The first-order chi connectivity index (χ1) is 8.66. The van der Waals surface area contributed by atoms with E-state index in [0.717, 1.165) is 18.7 Å². The molecule has 0 spiro atoms. The van der Waals surface area contributed by atoms with Crippen molar-refractivity contribution < 1.29 is 0 Å². The van der Waals surface area contributed by atoms with Gasteiger partial charge in [0.05, 0.1) is 0 Å². The Hall–Kier alpha value is -1.13. The predicted molar refractivity (Wildman–Crippen MR) is 81.3 cm³/mol. The van der Waals surface area contributed by atoms with Gasteiger partial charge in [-0.05, 0) is 38.1 Å². The second-order valence-electron chi connectivity index (χ2n) is 4.88. The highest BCUT2D eigenvalue weighted by Crippen LogP contribution is 2.15. The summed E-state index contributed by atoms with van der Waals surface area (Å²) in [5.41, 5.74) is 7.78. The molecule has 0 radical (unpaired) electrons. The molecule has 1 heterocycles. The molecule has 1 aromatic carbocycles. The molecule has 1 fully saturated rings. The third kappa shape index (κ3) is 3.43. The zero-order valence-electron chi connectivity index (χ0n) is 10.9. The largest absolute Gasteiger partial charge is 0.389 e. The van der Waals surface area contributed by atoms with E-state index in [1.165, 1.54) is 31.6 Å². The number of benzene rings is 1. The molecule has 1 aromatic rings. The van der Waals surface area contributed by atoms with Gasteiger partial charge in [0.1, 0.15) is 4.99 Å². The number of likely N-dealkylation sites (tertiary alicyclic amines) is 1. The average molecular weight is 263 g/mol. The second kappa shape index (κ2) is 6.16. The summed E-state index contributed by atoms with van der Waals surface area (Å²) in [5, 5.41) is 0. The number of anilines is 1. The number of nitrogens with zero attached hydrogens (tertiary/aromatic N) is 2.